The van der Waals surface area contributed by atoms with Crippen LogP contribution >= 0.6 is 0 Å². The third-order valence-corrected chi connectivity index (χ3v) is 7.15. The highest BCUT2D eigenvalue weighted by Gasteiger charge is 2.42. The van der Waals surface area contributed by atoms with Crippen molar-refractivity contribution >= 4 is 11.3 Å². The molecular formula is C28H35N5O. The Morgan fingerprint density at radius 3 is 2.74 bits per heavy atom. The van der Waals surface area contributed by atoms with Crippen LogP contribution in [0.2, 0.25) is 0 Å². The molecule has 0 amide bonds. The molecule has 1 unspecified atom stereocenters. The van der Waals surface area contributed by atoms with Gasteiger partial charge in [0, 0.05) is 43.0 Å². The summed E-state index contributed by atoms with van der Waals surface area (Å²) < 4.78 is 6.19. The summed E-state index contributed by atoms with van der Waals surface area (Å²) in [6, 6.07) is 12.1. The Labute approximate surface area is 203 Å². The maximum atomic E-state index is 8.91. The van der Waals surface area contributed by atoms with Gasteiger partial charge in [-0.3, -0.25) is 0 Å². The quantitative estimate of drug-likeness (QED) is 0.423. The molecule has 34 heavy (non-hydrogen) atoms. The number of hydrogen-bond donors (Lipinski definition) is 2. The lowest BCUT2D eigenvalue weighted by Crippen LogP contribution is -2.40. The van der Waals surface area contributed by atoms with Gasteiger partial charge in [0.2, 0.25) is 5.88 Å². The smallest absolute Gasteiger partial charge is 0.237 e. The maximum absolute atomic E-state index is 8.91. The second-order valence-electron chi connectivity index (χ2n) is 9.46. The van der Waals surface area contributed by atoms with Crippen LogP contribution in [0.1, 0.15) is 44.4 Å². The molecule has 178 valence electrons. The number of aromatic nitrogens is 1. The summed E-state index contributed by atoms with van der Waals surface area (Å²) in [5.74, 6) is 0.667. The predicted molar refractivity (Wildman–Crippen MR) is 138 cm³/mol. The van der Waals surface area contributed by atoms with E-state index in [0.29, 0.717) is 11.4 Å². The number of anilines is 1. The molecule has 2 heterocycles. The molecule has 0 radical (unpaired) electrons. The van der Waals surface area contributed by atoms with E-state index in [9.17, 15) is 0 Å². The lowest BCUT2D eigenvalue weighted by Gasteiger charge is -2.29. The maximum Gasteiger partial charge on any atom is 0.237 e. The minimum atomic E-state index is 0.000335. The number of hydrogen-bond acceptors (Lipinski definition) is 6. The lowest BCUT2D eigenvalue weighted by molar-refractivity contribution is 0.194. The molecule has 6 nitrogen and oxygen atoms in total. The molecule has 2 atom stereocenters. The van der Waals surface area contributed by atoms with Gasteiger partial charge < -0.3 is 20.3 Å². The zero-order chi connectivity index (χ0) is 24.3. The van der Waals surface area contributed by atoms with Crippen LogP contribution < -0.4 is 15.4 Å². The number of nitrogens with one attached hydrogen (secondary N) is 2. The van der Waals surface area contributed by atoms with Crippen molar-refractivity contribution in [2.45, 2.75) is 40.2 Å². The molecule has 1 aliphatic heterocycles. The first-order valence-electron chi connectivity index (χ1n) is 12.1. The zero-order valence-corrected chi connectivity index (χ0v) is 20.9. The van der Waals surface area contributed by atoms with Crippen molar-refractivity contribution < 1.29 is 4.74 Å². The van der Waals surface area contributed by atoms with E-state index in [2.05, 4.69) is 68.5 Å². The van der Waals surface area contributed by atoms with Crippen molar-refractivity contribution in [3.8, 4) is 11.9 Å². The standard InChI is InChI=1S/C28H35N5O/c1-6-33(5)20(3)26(28(4)14-19(28)2)23-13-25-27(32-16-23)34-24(18-31-25)17-30-12-11-21-7-9-22(15-29)10-8-21/h7-10,13-14,16,24,30-31H,6,11-12,17-18H2,1-5H3/b26-20-/t24-,28?/m1/s1. The van der Waals surface area contributed by atoms with Gasteiger partial charge in [-0.05, 0) is 70.0 Å². The highest BCUT2D eigenvalue weighted by atomic mass is 16.5. The number of benzene rings is 1. The van der Waals surface area contributed by atoms with Gasteiger partial charge in [-0.15, -0.1) is 0 Å². The van der Waals surface area contributed by atoms with Gasteiger partial charge in [0.15, 0.2) is 0 Å². The van der Waals surface area contributed by atoms with Crippen molar-refractivity contribution in [1.29, 1.82) is 5.26 Å². The summed E-state index contributed by atoms with van der Waals surface area (Å²) in [4.78, 5) is 7.00. The molecule has 4 rings (SSSR count). The van der Waals surface area contributed by atoms with Crippen LogP contribution in [0.5, 0.6) is 5.88 Å². The molecule has 6 heteroatoms. The van der Waals surface area contributed by atoms with Crippen molar-refractivity contribution in [3.63, 3.8) is 0 Å². The van der Waals surface area contributed by atoms with Crippen LogP contribution in [0.25, 0.3) is 5.57 Å². The van der Waals surface area contributed by atoms with Crippen molar-refractivity contribution in [2.24, 2.45) is 5.41 Å². The van der Waals surface area contributed by atoms with E-state index in [1.807, 2.05) is 30.5 Å². The Bertz CT molecular complexity index is 1140. The van der Waals surface area contributed by atoms with Gasteiger partial charge in [-0.1, -0.05) is 23.8 Å². The fourth-order valence-corrected chi connectivity index (χ4v) is 4.57. The number of ether oxygens (including phenoxy) is 1. The van der Waals surface area contributed by atoms with Crippen LogP contribution in [0.3, 0.4) is 0 Å². The van der Waals surface area contributed by atoms with E-state index in [4.69, 9.17) is 15.0 Å². The van der Waals surface area contributed by atoms with Crippen LogP contribution in [0.4, 0.5) is 5.69 Å². The molecule has 0 bridgehead atoms. The van der Waals surface area contributed by atoms with Gasteiger partial charge >= 0.3 is 0 Å². The largest absolute Gasteiger partial charge is 0.470 e. The van der Waals surface area contributed by atoms with Crippen molar-refractivity contribution in [2.75, 3.05) is 38.5 Å². The average Bonchev–Trinajstić information content (AvgIpc) is 3.47. The van der Waals surface area contributed by atoms with Crippen molar-refractivity contribution in [1.82, 2.24) is 15.2 Å². The van der Waals surface area contributed by atoms with Gasteiger partial charge in [0.05, 0.1) is 23.9 Å². The van der Waals surface area contributed by atoms with Crippen LogP contribution in [0, 0.1) is 16.7 Å². The van der Waals surface area contributed by atoms with E-state index in [0.717, 1.165) is 43.9 Å². The first kappa shape index (κ1) is 23.8. The highest BCUT2D eigenvalue weighted by molar-refractivity contribution is 5.83. The summed E-state index contributed by atoms with van der Waals surface area (Å²) in [5.41, 5.74) is 8.01. The normalized spacial score (nSPS) is 21.3. The van der Waals surface area contributed by atoms with E-state index in [1.165, 1.54) is 22.4 Å². The Hall–Kier alpha value is -3.30. The number of nitriles is 1. The Morgan fingerprint density at radius 1 is 1.35 bits per heavy atom. The Morgan fingerprint density at radius 2 is 2.09 bits per heavy atom. The monoisotopic (exact) mass is 457 g/mol. The summed E-state index contributed by atoms with van der Waals surface area (Å²) in [6.07, 6.45) is 5.23. The molecule has 2 N–H and O–H groups in total. The lowest BCUT2D eigenvalue weighted by atomic mass is 9.85. The highest BCUT2D eigenvalue weighted by Crippen LogP contribution is 2.55. The minimum absolute atomic E-state index is 0.000335. The van der Waals surface area contributed by atoms with Gasteiger partial charge in [-0.2, -0.15) is 5.26 Å². The first-order chi connectivity index (χ1) is 16.4. The van der Waals surface area contributed by atoms with E-state index in [1.54, 1.807) is 0 Å². The molecule has 2 aromatic rings. The molecule has 1 aromatic heterocycles. The fourth-order valence-electron chi connectivity index (χ4n) is 4.57. The van der Waals surface area contributed by atoms with Gasteiger partial charge in [0.25, 0.3) is 0 Å². The van der Waals surface area contributed by atoms with Crippen LogP contribution in [-0.2, 0) is 6.42 Å². The summed E-state index contributed by atoms with van der Waals surface area (Å²) in [6.45, 7) is 12.2. The summed E-state index contributed by atoms with van der Waals surface area (Å²) in [7, 11) is 2.14. The molecule has 0 spiro atoms. The molecule has 1 aromatic carbocycles. The molecular weight excluding hydrogens is 422 g/mol. The molecule has 0 saturated heterocycles. The van der Waals surface area contributed by atoms with Gasteiger partial charge in [0.1, 0.15) is 6.10 Å². The second-order valence-corrected chi connectivity index (χ2v) is 9.46. The number of nitrogens with zero attached hydrogens (tertiary/aromatic N) is 3. The van der Waals surface area contributed by atoms with E-state index < -0.39 is 0 Å². The molecule has 2 aliphatic rings. The van der Waals surface area contributed by atoms with Crippen molar-refractivity contribution in [3.05, 3.63) is 70.6 Å². The molecule has 0 fully saturated rings. The summed E-state index contributed by atoms with van der Waals surface area (Å²) >= 11 is 0. The minimum Gasteiger partial charge on any atom is -0.470 e. The number of fused-ring (bicyclic) bond motifs is 1. The number of pyridine rings is 1. The SMILES string of the molecule is CCN(C)/C(C)=C(/c1cnc2c(c1)NC[C@@H](CNCCc1ccc(C#N)cc1)O2)C1(C)C=C1C. The predicted octanol–water partition coefficient (Wildman–Crippen LogP) is 4.61. The third-order valence-electron chi connectivity index (χ3n) is 7.15. The first-order valence-corrected chi connectivity index (χ1v) is 12.1. The number of allylic oxidation sites excluding steroid dienone is 4. The average molecular weight is 458 g/mol. The molecule has 1 aliphatic carbocycles. The second kappa shape index (κ2) is 9.90. The molecule has 0 saturated carbocycles. The van der Waals surface area contributed by atoms with E-state index in [-0.39, 0.29) is 11.5 Å². The summed E-state index contributed by atoms with van der Waals surface area (Å²) in [5, 5.41) is 15.9. The van der Waals surface area contributed by atoms with Crippen LogP contribution in [0.15, 0.2) is 53.9 Å². The van der Waals surface area contributed by atoms with Gasteiger partial charge in [-0.25, -0.2) is 4.98 Å². The Balaban J connectivity index is 1.37. The zero-order valence-electron chi connectivity index (χ0n) is 20.9. The topological polar surface area (TPSA) is 73.2 Å². The number of rotatable bonds is 9. The fraction of sp³-hybridized carbons (Fsp3) is 0.429. The van der Waals surface area contributed by atoms with Crippen LogP contribution in [-0.4, -0.2) is 49.2 Å². The third kappa shape index (κ3) is 4.95. The van der Waals surface area contributed by atoms with E-state index >= 15 is 0 Å². The Kier molecular flexibility index (Phi) is 6.95.